The largest absolute Gasteiger partial charge is 0.376 e. The highest BCUT2D eigenvalue weighted by atomic mass is 16.5. The minimum atomic E-state index is 0.687. The van der Waals surface area contributed by atoms with Gasteiger partial charge in [0.1, 0.15) is 0 Å². The zero-order valence-corrected chi connectivity index (χ0v) is 9.85. The number of nitrogens with one attached hydrogen (secondary N) is 2. The maximum atomic E-state index is 5.41. The Kier molecular flexibility index (Phi) is 6.64. The standard InChI is InChI=1S/C12H24N2O/c1-11(2)10-15-7-6-14-9-12-4-3-5-13-8-12/h12-14H,1,3-10H2,2H3. The molecule has 1 saturated heterocycles. The smallest absolute Gasteiger partial charge is 0.0672 e. The molecule has 0 aromatic rings. The third-order valence-electron chi connectivity index (χ3n) is 2.60. The van der Waals surface area contributed by atoms with E-state index >= 15 is 0 Å². The number of hydrogen-bond acceptors (Lipinski definition) is 3. The lowest BCUT2D eigenvalue weighted by Crippen LogP contribution is -2.36. The fourth-order valence-corrected chi connectivity index (χ4v) is 1.80. The van der Waals surface area contributed by atoms with Crippen molar-refractivity contribution in [3.05, 3.63) is 12.2 Å². The second-order valence-electron chi connectivity index (χ2n) is 4.43. The SMILES string of the molecule is C=C(C)COCCNCC1CCCNC1. The number of rotatable bonds is 7. The molecule has 0 bridgehead atoms. The molecule has 3 heteroatoms. The average molecular weight is 212 g/mol. The van der Waals surface area contributed by atoms with E-state index in [1.165, 1.54) is 25.9 Å². The fraction of sp³-hybridized carbons (Fsp3) is 0.833. The van der Waals surface area contributed by atoms with Crippen molar-refractivity contribution in [3.63, 3.8) is 0 Å². The molecule has 0 aromatic carbocycles. The quantitative estimate of drug-likeness (QED) is 0.491. The first kappa shape index (κ1) is 12.7. The van der Waals surface area contributed by atoms with Crippen LogP contribution in [0.1, 0.15) is 19.8 Å². The summed E-state index contributed by atoms with van der Waals surface area (Å²) in [4.78, 5) is 0. The minimum absolute atomic E-state index is 0.687. The van der Waals surface area contributed by atoms with Gasteiger partial charge in [0.2, 0.25) is 0 Å². The lowest BCUT2D eigenvalue weighted by molar-refractivity contribution is 0.156. The van der Waals surface area contributed by atoms with Crippen LogP contribution < -0.4 is 10.6 Å². The topological polar surface area (TPSA) is 33.3 Å². The summed E-state index contributed by atoms with van der Waals surface area (Å²) in [6, 6.07) is 0. The Balaban J connectivity index is 1.85. The molecule has 1 unspecified atom stereocenters. The summed E-state index contributed by atoms with van der Waals surface area (Å²) in [5.41, 5.74) is 1.09. The van der Waals surface area contributed by atoms with Gasteiger partial charge in [0, 0.05) is 6.54 Å². The third-order valence-corrected chi connectivity index (χ3v) is 2.60. The van der Waals surface area contributed by atoms with Crippen LogP contribution in [-0.2, 0) is 4.74 Å². The van der Waals surface area contributed by atoms with Crippen LogP contribution in [-0.4, -0.2) is 39.4 Å². The molecule has 0 spiro atoms. The van der Waals surface area contributed by atoms with Crippen molar-refractivity contribution in [1.29, 1.82) is 0 Å². The van der Waals surface area contributed by atoms with Crippen molar-refractivity contribution >= 4 is 0 Å². The summed E-state index contributed by atoms with van der Waals surface area (Å²) in [5.74, 6) is 0.805. The van der Waals surface area contributed by atoms with Crippen LogP contribution in [0.15, 0.2) is 12.2 Å². The van der Waals surface area contributed by atoms with Gasteiger partial charge in [-0.15, -0.1) is 0 Å². The maximum Gasteiger partial charge on any atom is 0.0672 e. The van der Waals surface area contributed by atoms with E-state index in [2.05, 4.69) is 17.2 Å². The van der Waals surface area contributed by atoms with Crippen LogP contribution in [0.25, 0.3) is 0 Å². The van der Waals surface area contributed by atoms with Gasteiger partial charge in [-0.2, -0.15) is 0 Å². The summed E-state index contributed by atoms with van der Waals surface area (Å²) >= 11 is 0. The van der Waals surface area contributed by atoms with Crippen molar-refractivity contribution in [2.45, 2.75) is 19.8 Å². The molecule has 15 heavy (non-hydrogen) atoms. The number of ether oxygens (including phenoxy) is 1. The molecular weight excluding hydrogens is 188 g/mol. The predicted octanol–water partition coefficient (Wildman–Crippen LogP) is 1.17. The molecule has 1 aliphatic rings. The van der Waals surface area contributed by atoms with Gasteiger partial charge in [0.25, 0.3) is 0 Å². The van der Waals surface area contributed by atoms with E-state index in [4.69, 9.17) is 4.74 Å². The highest BCUT2D eigenvalue weighted by Crippen LogP contribution is 2.07. The Labute approximate surface area is 93.3 Å². The molecule has 2 N–H and O–H groups in total. The van der Waals surface area contributed by atoms with Gasteiger partial charge in [-0.25, -0.2) is 0 Å². The Hall–Kier alpha value is -0.380. The molecular formula is C12H24N2O. The van der Waals surface area contributed by atoms with Crippen molar-refractivity contribution in [1.82, 2.24) is 10.6 Å². The fourth-order valence-electron chi connectivity index (χ4n) is 1.80. The van der Waals surface area contributed by atoms with E-state index < -0.39 is 0 Å². The number of piperidine rings is 1. The lowest BCUT2D eigenvalue weighted by Gasteiger charge is -2.22. The zero-order chi connectivity index (χ0) is 10.9. The summed E-state index contributed by atoms with van der Waals surface area (Å²) in [5, 5.41) is 6.85. The third kappa shape index (κ3) is 6.66. The molecule has 1 rings (SSSR count). The van der Waals surface area contributed by atoms with E-state index in [0.29, 0.717) is 6.61 Å². The zero-order valence-electron chi connectivity index (χ0n) is 9.85. The summed E-state index contributed by atoms with van der Waals surface area (Å²) in [6.45, 7) is 11.7. The van der Waals surface area contributed by atoms with Crippen LogP contribution in [0.4, 0.5) is 0 Å². The van der Waals surface area contributed by atoms with Gasteiger partial charge in [-0.05, 0) is 45.3 Å². The molecule has 0 aliphatic carbocycles. The molecule has 0 saturated carbocycles. The molecule has 1 aliphatic heterocycles. The normalized spacial score (nSPS) is 21.5. The first-order valence-corrected chi connectivity index (χ1v) is 5.92. The van der Waals surface area contributed by atoms with E-state index in [-0.39, 0.29) is 0 Å². The van der Waals surface area contributed by atoms with Gasteiger partial charge in [0.15, 0.2) is 0 Å². The van der Waals surface area contributed by atoms with Crippen LogP contribution in [0.2, 0.25) is 0 Å². The van der Waals surface area contributed by atoms with Gasteiger partial charge in [0.05, 0.1) is 13.2 Å². The van der Waals surface area contributed by atoms with Crippen molar-refractivity contribution in [3.8, 4) is 0 Å². The van der Waals surface area contributed by atoms with Crippen LogP contribution in [0.3, 0.4) is 0 Å². The Morgan fingerprint density at radius 2 is 2.47 bits per heavy atom. The molecule has 1 fully saturated rings. The molecule has 0 radical (unpaired) electrons. The van der Waals surface area contributed by atoms with E-state index in [9.17, 15) is 0 Å². The molecule has 3 nitrogen and oxygen atoms in total. The highest BCUT2D eigenvalue weighted by molar-refractivity contribution is 4.87. The highest BCUT2D eigenvalue weighted by Gasteiger charge is 2.11. The summed E-state index contributed by atoms with van der Waals surface area (Å²) in [6.07, 6.45) is 2.67. The second-order valence-corrected chi connectivity index (χ2v) is 4.43. The van der Waals surface area contributed by atoms with Gasteiger partial charge in [-0.1, -0.05) is 12.2 Å². The monoisotopic (exact) mass is 212 g/mol. The maximum absolute atomic E-state index is 5.41. The number of hydrogen-bond donors (Lipinski definition) is 2. The van der Waals surface area contributed by atoms with Crippen molar-refractivity contribution < 1.29 is 4.74 Å². The first-order valence-electron chi connectivity index (χ1n) is 5.92. The Morgan fingerprint density at radius 3 is 3.13 bits per heavy atom. The Morgan fingerprint density at radius 1 is 1.60 bits per heavy atom. The predicted molar refractivity (Wildman–Crippen MR) is 64.1 cm³/mol. The van der Waals surface area contributed by atoms with E-state index in [0.717, 1.165) is 31.2 Å². The van der Waals surface area contributed by atoms with Crippen LogP contribution in [0, 0.1) is 5.92 Å². The average Bonchev–Trinajstić information content (AvgIpc) is 2.24. The molecule has 88 valence electrons. The molecule has 0 aromatic heterocycles. The first-order chi connectivity index (χ1) is 7.29. The van der Waals surface area contributed by atoms with Crippen LogP contribution in [0.5, 0.6) is 0 Å². The molecule has 0 amide bonds. The second kappa shape index (κ2) is 7.85. The van der Waals surface area contributed by atoms with Crippen LogP contribution >= 0.6 is 0 Å². The van der Waals surface area contributed by atoms with Gasteiger partial charge in [-0.3, -0.25) is 0 Å². The van der Waals surface area contributed by atoms with Crippen molar-refractivity contribution in [2.24, 2.45) is 5.92 Å². The Bertz CT molecular complexity index is 176. The van der Waals surface area contributed by atoms with Crippen molar-refractivity contribution in [2.75, 3.05) is 39.4 Å². The summed E-state index contributed by atoms with van der Waals surface area (Å²) in [7, 11) is 0. The molecule has 1 heterocycles. The van der Waals surface area contributed by atoms with E-state index in [1.54, 1.807) is 0 Å². The minimum Gasteiger partial charge on any atom is -0.376 e. The van der Waals surface area contributed by atoms with Gasteiger partial charge >= 0.3 is 0 Å². The van der Waals surface area contributed by atoms with E-state index in [1.807, 2.05) is 6.92 Å². The summed E-state index contributed by atoms with van der Waals surface area (Å²) < 4.78 is 5.41. The van der Waals surface area contributed by atoms with Gasteiger partial charge < -0.3 is 15.4 Å². The molecule has 1 atom stereocenters. The lowest BCUT2D eigenvalue weighted by atomic mass is 10.00.